The van der Waals surface area contributed by atoms with Gasteiger partial charge in [-0.15, -0.1) is 0 Å². The Balaban J connectivity index is 4.37. The van der Waals surface area contributed by atoms with Gasteiger partial charge in [-0.05, 0) is 26.2 Å². The highest BCUT2D eigenvalue weighted by Crippen LogP contribution is 2.13. The van der Waals surface area contributed by atoms with Crippen molar-refractivity contribution >= 4 is 12.0 Å². The molecule has 18 heavy (non-hydrogen) atoms. The summed E-state index contributed by atoms with van der Waals surface area (Å²) in [4.78, 5) is 22.8. The van der Waals surface area contributed by atoms with Crippen LogP contribution in [0.2, 0.25) is 0 Å². The number of nitrogens with one attached hydrogen (secondary N) is 2. The molecule has 0 aromatic rings. The Labute approximate surface area is 109 Å². The molecule has 0 heterocycles. The lowest BCUT2D eigenvalue weighted by Gasteiger charge is -2.29. The van der Waals surface area contributed by atoms with Crippen LogP contribution in [0.15, 0.2) is 0 Å². The van der Waals surface area contributed by atoms with Crippen LogP contribution in [0.5, 0.6) is 0 Å². The lowest BCUT2D eigenvalue weighted by molar-refractivity contribution is -0.139. The van der Waals surface area contributed by atoms with Gasteiger partial charge < -0.3 is 15.7 Å². The first kappa shape index (κ1) is 16.7. The van der Waals surface area contributed by atoms with Gasteiger partial charge in [0.25, 0.3) is 0 Å². The van der Waals surface area contributed by atoms with E-state index in [0.717, 1.165) is 25.7 Å². The molecule has 0 saturated carbocycles. The Morgan fingerprint density at radius 1 is 1.22 bits per heavy atom. The van der Waals surface area contributed by atoms with Crippen LogP contribution in [0.25, 0.3) is 0 Å². The first-order chi connectivity index (χ1) is 8.38. The van der Waals surface area contributed by atoms with Gasteiger partial charge in [0.1, 0.15) is 6.04 Å². The van der Waals surface area contributed by atoms with Crippen LogP contribution < -0.4 is 10.6 Å². The van der Waals surface area contributed by atoms with Crippen molar-refractivity contribution in [1.29, 1.82) is 0 Å². The standard InChI is InChI=1S/C13H26N2O3/c1-5-8-9-10(11(16)17)14-12(18)15-13(4,6-2)7-3/h10H,5-9H2,1-4H3,(H,16,17)(H2,14,15,18). The molecule has 0 bridgehead atoms. The summed E-state index contributed by atoms with van der Waals surface area (Å²) in [6.45, 7) is 7.93. The largest absolute Gasteiger partial charge is 0.480 e. The molecule has 2 amide bonds. The molecule has 0 spiro atoms. The van der Waals surface area contributed by atoms with Gasteiger partial charge in [-0.3, -0.25) is 0 Å². The fraction of sp³-hybridized carbons (Fsp3) is 0.846. The molecule has 5 nitrogen and oxygen atoms in total. The van der Waals surface area contributed by atoms with E-state index >= 15 is 0 Å². The van der Waals surface area contributed by atoms with Crippen molar-refractivity contribution in [2.45, 2.75) is 71.4 Å². The number of aliphatic carboxylic acids is 1. The van der Waals surface area contributed by atoms with Gasteiger partial charge in [0.15, 0.2) is 0 Å². The quantitative estimate of drug-likeness (QED) is 0.626. The van der Waals surface area contributed by atoms with E-state index in [1.807, 2.05) is 27.7 Å². The monoisotopic (exact) mass is 258 g/mol. The van der Waals surface area contributed by atoms with Crippen LogP contribution in [-0.2, 0) is 4.79 Å². The summed E-state index contributed by atoms with van der Waals surface area (Å²) in [5.74, 6) is -0.978. The molecule has 1 unspecified atom stereocenters. The second kappa shape index (κ2) is 7.95. The maximum atomic E-state index is 11.8. The van der Waals surface area contributed by atoms with Crippen LogP contribution in [-0.4, -0.2) is 28.7 Å². The summed E-state index contributed by atoms with van der Waals surface area (Å²) in [5.41, 5.74) is -0.280. The Morgan fingerprint density at radius 2 is 1.78 bits per heavy atom. The lowest BCUT2D eigenvalue weighted by Crippen LogP contribution is -2.53. The number of hydrogen-bond donors (Lipinski definition) is 3. The third-order valence-corrected chi connectivity index (χ3v) is 3.43. The van der Waals surface area contributed by atoms with Crippen molar-refractivity contribution in [3.8, 4) is 0 Å². The topological polar surface area (TPSA) is 78.4 Å². The molecule has 0 radical (unpaired) electrons. The number of unbranched alkanes of at least 4 members (excludes halogenated alkanes) is 1. The number of amides is 2. The second-order valence-electron chi connectivity index (χ2n) is 4.90. The van der Waals surface area contributed by atoms with E-state index in [0.29, 0.717) is 6.42 Å². The van der Waals surface area contributed by atoms with Crippen LogP contribution in [0.3, 0.4) is 0 Å². The van der Waals surface area contributed by atoms with Crippen molar-refractivity contribution < 1.29 is 14.7 Å². The van der Waals surface area contributed by atoms with Gasteiger partial charge in [-0.1, -0.05) is 33.6 Å². The molecule has 0 aliphatic heterocycles. The molecule has 5 heteroatoms. The zero-order valence-corrected chi connectivity index (χ0v) is 11.9. The number of carbonyl (C=O) groups excluding carboxylic acids is 1. The maximum Gasteiger partial charge on any atom is 0.326 e. The zero-order chi connectivity index (χ0) is 14.2. The average Bonchev–Trinajstić information content (AvgIpc) is 2.33. The van der Waals surface area contributed by atoms with Crippen LogP contribution in [0.1, 0.15) is 59.8 Å². The smallest absolute Gasteiger partial charge is 0.326 e. The summed E-state index contributed by atoms with van der Waals surface area (Å²) in [7, 11) is 0. The SMILES string of the molecule is CCCCC(NC(=O)NC(C)(CC)CC)C(=O)O. The van der Waals surface area contributed by atoms with Crippen molar-refractivity contribution in [2.24, 2.45) is 0 Å². The van der Waals surface area contributed by atoms with E-state index in [-0.39, 0.29) is 5.54 Å². The summed E-state index contributed by atoms with van der Waals surface area (Å²) < 4.78 is 0. The molecule has 0 fully saturated rings. The van der Waals surface area contributed by atoms with E-state index in [9.17, 15) is 9.59 Å². The number of carbonyl (C=O) groups is 2. The average molecular weight is 258 g/mol. The maximum absolute atomic E-state index is 11.8. The molecule has 1 atom stereocenters. The summed E-state index contributed by atoms with van der Waals surface area (Å²) in [6.07, 6.45) is 3.78. The summed E-state index contributed by atoms with van der Waals surface area (Å²) in [5, 5.41) is 14.4. The summed E-state index contributed by atoms with van der Waals surface area (Å²) in [6, 6.07) is -1.20. The number of carboxylic acids is 1. The third kappa shape index (κ3) is 5.89. The van der Waals surface area contributed by atoms with E-state index < -0.39 is 18.0 Å². The van der Waals surface area contributed by atoms with Gasteiger partial charge in [0.05, 0.1) is 0 Å². The Hall–Kier alpha value is -1.26. The molecule has 0 saturated heterocycles. The highest BCUT2D eigenvalue weighted by Gasteiger charge is 2.25. The van der Waals surface area contributed by atoms with E-state index in [1.54, 1.807) is 0 Å². The minimum atomic E-state index is -0.978. The predicted molar refractivity (Wildman–Crippen MR) is 71.6 cm³/mol. The predicted octanol–water partition coefficient (Wildman–Crippen LogP) is 2.51. The fourth-order valence-electron chi connectivity index (χ4n) is 1.56. The molecule has 0 aliphatic carbocycles. The van der Waals surface area contributed by atoms with E-state index in [2.05, 4.69) is 10.6 Å². The number of carboxylic acid groups (broad SMARTS) is 1. The van der Waals surface area contributed by atoms with Gasteiger partial charge in [0.2, 0.25) is 0 Å². The molecular weight excluding hydrogens is 232 g/mol. The van der Waals surface area contributed by atoms with Gasteiger partial charge in [0, 0.05) is 5.54 Å². The number of rotatable bonds is 8. The first-order valence-electron chi connectivity index (χ1n) is 6.70. The fourth-order valence-corrected chi connectivity index (χ4v) is 1.56. The number of hydrogen-bond acceptors (Lipinski definition) is 2. The molecule has 106 valence electrons. The van der Waals surface area contributed by atoms with Crippen LogP contribution >= 0.6 is 0 Å². The highest BCUT2D eigenvalue weighted by molar-refractivity contribution is 5.82. The second-order valence-corrected chi connectivity index (χ2v) is 4.90. The normalized spacial score (nSPS) is 12.9. The van der Waals surface area contributed by atoms with Crippen molar-refractivity contribution in [2.75, 3.05) is 0 Å². The van der Waals surface area contributed by atoms with Crippen LogP contribution in [0.4, 0.5) is 4.79 Å². The highest BCUT2D eigenvalue weighted by atomic mass is 16.4. The third-order valence-electron chi connectivity index (χ3n) is 3.43. The molecule has 3 N–H and O–H groups in total. The molecule has 0 aromatic carbocycles. The molecule has 0 aliphatic rings. The zero-order valence-electron chi connectivity index (χ0n) is 11.9. The van der Waals surface area contributed by atoms with E-state index in [1.165, 1.54) is 0 Å². The van der Waals surface area contributed by atoms with Crippen molar-refractivity contribution in [3.05, 3.63) is 0 Å². The lowest BCUT2D eigenvalue weighted by atomic mass is 9.96. The van der Waals surface area contributed by atoms with Gasteiger partial charge in [-0.2, -0.15) is 0 Å². The van der Waals surface area contributed by atoms with Crippen LogP contribution in [0, 0.1) is 0 Å². The molecular formula is C13H26N2O3. The Morgan fingerprint density at radius 3 is 2.17 bits per heavy atom. The number of urea groups is 1. The minimum Gasteiger partial charge on any atom is -0.480 e. The van der Waals surface area contributed by atoms with E-state index in [4.69, 9.17) is 5.11 Å². The minimum absolute atomic E-state index is 0.280. The molecule has 0 aromatic heterocycles. The Bertz CT molecular complexity index is 275. The Kier molecular flexibility index (Phi) is 7.39. The van der Waals surface area contributed by atoms with Gasteiger partial charge in [-0.25, -0.2) is 9.59 Å². The van der Waals surface area contributed by atoms with Crippen molar-refractivity contribution in [3.63, 3.8) is 0 Å². The first-order valence-corrected chi connectivity index (χ1v) is 6.70. The van der Waals surface area contributed by atoms with Gasteiger partial charge >= 0.3 is 12.0 Å². The summed E-state index contributed by atoms with van der Waals surface area (Å²) >= 11 is 0. The van der Waals surface area contributed by atoms with Crippen molar-refractivity contribution in [1.82, 2.24) is 10.6 Å². The molecule has 0 rings (SSSR count).